The van der Waals surface area contributed by atoms with Gasteiger partial charge < -0.3 is 0 Å². The summed E-state index contributed by atoms with van der Waals surface area (Å²) in [7, 11) is 1.33. The molecule has 0 spiro atoms. The molecule has 6 heteroatoms. The van der Waals surface area contributed by atoms with Crippen LogP contribution in [0.1, 0.15) is 5.56 Å². The Morgan fingerprint density at radius 1 is 1.33 bits per heavy atom. The largest absolute Gasteiger partial charge is 0.335 e. The number of benzene rings is 1. The van der Waals surface area contributed by atoms with Crippen LogP contribution in [0.3, 0.4) is 0 Å². The van der Waals surface area contributed by atoms with Gasteiger partial charge in [-0.05, 0) is 18.2 Å². The molecule has 0 saturated heterocycles. The van der Waals surface area contributed by atoms with Crippen LogP contribution in [0.25, 0.3) is 5.69 Å². The second-order valence-electron chi connectivity index (χ2n) is 3.65. The Labute approximate surface area is 107 Å². The van der Waals surface area contributed by atoms with Gasteiger partial charge in [0.2, 0.25) is 0 Å². The van der Waals surface area contributed by atoms with Crippen molar-refractivity contribution >= 4 is 11.6 Å². The van der Waals surface area contributed by atoms with Crippen molar-refractivity contribution in [2.45, 2.75) is 0 Å². The van der Waals surface area contributed by atoms with Crippen molar-refractivity contribution in [1.82, 2.24) is 9.13 Å². The quantitative estimate of drug-likeness (QED) is 0.771. The van der Waals surface area contributed by atoms with E-state index >= 15 is 0 Å². The highest BCUT2D eigenvalue weighted by molar-refractivity contribution is 6.30. The van der Waals surface area contributed by atoms with Crippen molar-refractivity contribution in [3.63, 3.8) is 0 Å². The minimum Gasteiger partial charge on any atom is -0.268 e. The molecule has 0 unspecified atom stereocenters. The standard InChI is InChI=1S/C12H8ClN3O2/c1-15-11(17)8(6-14)7-16(12(15)18)10-4-2-3-9(13)5-10/h2-5,7H,1H3. The summed E-state index contributed by atoms with van der Waals surface area (Å²) in [6, 6.07) is 8.36. The highest BCUT2D eigenvalue weighted by Crippen LogP contribution is 2.13. The second-order valence-corrected chi connectivity index (χ2v) is 4.09. The van der Waals surface area contributed by atoms with Crippen LogP contribution in [0.15, 0.2) is 40.1 Å². The normalized spacial score (nSPS) is 10.1. The van der Waals surface area contributed by atoms with Crippen LogP contribution in [0.5, 0.6) is 0 Å². The maximum absolute atomic E-state index is 11.9. The lowest BCUT2D eigenvalue weighted by Crippen LogP contribution is -2.38. The van der Waals surface area contributed by atoms with E-state index in [0.29, 0.717) is 10.7 Å². The van der Waals surface area contributed by atoms with Gasteiger partial charge in [0.15, 0.2) is 0 Å². The van der Waals surface area contributed by atoms with Gasteiger partial charge in [0, 0.05) is 18.3 Å². The number of halogens is 1. The molecule has 5 nitrogen and oxygen atoms in total. The molecule has 90 valence electrons. The van der Waals surface area contributed by atoms with Crippen molar-refractivity contribution in [2.24, 2.45) is 7.05 Å². The average Bonchev–Trinajstić information content (AvgIpc) is 2.36. The van der Waals surface area contributed by atoms with Crippen molar-refractivity contribution in [2.75, 3.05) is 0 Å². The Morgan fingerprint density at radius 3 is 2.67 bits per heavy atom. The van der Waals surface area contributed by atoms with Crippen LogP contribution in [0, 0.1) is 11.3 Å². The highest BCUT2D eigenvalue weighted by atomic mass is 35.5. The first-order chi connectivity index (χ1) is 8.54. The lowest BCUT2D eigenvalue weighted by Gasteiger charge is -2.08. The van der Waals surface area contributed by atoms with Crippen molar-refractivity contribution < 1.29 is 0 Å². The summed E-state index contributed by atoms with van der Waals surface area (Å²) in [5.41, 5.74) is -0.737. The molecule has 1 aromatic heterocycles. The fourth-order valence-corrected chi connectivity index (χ4v) is 1.74. The molecule has 0 aliphatic carbocycles. The molecule has 0 saturated carbocycles. The Morgan fingerprint density at radius 2 is 2.06 bits per heavy atom. The summed E-state index contributed by atoms with van der Waals surface area (Å²) in [5.74, 6) is 0. The second kappa shape index (κ2) is 4.51. The fraction of sp³-hybridized carbons (Fsp3) is 0.0833. The van der Waals surface area contributed by atoms with E-state index in [1.54, 1.807) is 30.3 Å². The SMILES string of the molecule is Cn1c(=O)c(C#N)cn(-c2cccc(Cl)c2)c1=O. The van der Waals surface area contributed by atoms with Crippen molar-refractivity contribution in [3.8, 4) is 11.8 Å². The zero-order chi connectivity index (χ0) is 13.3. The van der Waals surface area contributed by atoms with E-state index in [1.807, 2.05) is 0 Å². The van der Waals surface area contributed by atoms with Crippen molar-refractivity contribution in [1.29, 1.82) is 5.26 Å². The average molecular weight is 262 g/mol. The molecule has 1 heterocycles. The topological polar surface area (TPSA) is 67.8 Å². The zero-order valence-corrected chi connectivity index (χ0v) is 10.2. The molecule has 0 fully saturated rings. The Kier molecular flexibility index (Phi) is 3.04. The number of nitrogens with zero attached hydrogens (tertiary/aromatic N) is 3. The van der Waals surface area contributed by atoms with E-state index in [4.69, 9.17) is 16.9 Å². The molecule has 0 radical (unpaired) electrons. The first-order valence-electron chi connectivity index (χ1n) is 5.03. The molecule has 0 bridgehead atoms. The lowest BCUT2D eigenvalue weighted by molar-refractivity contribution is 0.724. The molecule has 2 aromatic rings. The first kappa shape index (κ1) is 12.1. The summed E-state index contributed by atoms with van der Waals surface area (Å²) in [6.07, 6.45) is 1.22. The Hall–Kier alpha value is -2.32. The summed E-state index contributed by atoms with van der Waals surface area (Å²) in [5, 5.41) is 9.32. The smallest absolute Gasteiger partial charge is 0.268 e. The van der Waals surface area contributed by atoms with Gasteiger partial charge in [-0.15, -0.1) is 0 Å². The number of hydrogen-bond donors (Lipinski definition) is 0. The molecule has 0 amide bonds. The first-order valence-corrected chi connectivity index (χ1v) is 5.41. The van der Waals surface area contributed by atoms with Gasteiger partial charge >= 0.3 is 5.69 Å². The van der Waals surface area contributed by atoms with Crippen molar-refractivity contribution in [3.05, 3.63) is 61.9 Å². The van der Waals surface area contributed by atoms with Crippen LogP contribution < -0.4 is 11.2 Å². The van der Waals surface area contributed by atoms with Gasteiger partial charge in [-0.1, -0.05) is 17.7 Å². The van der Waals surface area contributed by atoms with Gasteiger partial charge in [0.05, 0.1) is 5.69 Å². The third-order valence-electron chi connectivity index (χ3n) is 2.49. The lowest BCUT2D eigenvalue weighted by atomic mass is 10.3. The summed E-state index contributed by atoms with van der Waals surface area (Å²) in [4.78, 5) is 23.5. The molecule has 18 heavy (non-hydrogen) atoms. The Balaban J connectivity index is 2.82. The van der Waals surface area contributed by atoms with Gasteiger partial charge in [-0.3, -0.25) is 13.9 Å². The number of rotatable bonds is 1. The van der Waals surface area contributed by atoms with E-state index in [1.165, 1.54) is 17.8 Å². The molecule has 0 N–H and O–H groups in total. The van der Waals surface area contributed by atoms with E-state index in [9.17, 15) is 9.59 Å². The maximum atomic E-state index is 11.9. The summed E-state index contributed by atoms with van der Waals surface area (Å²) in [6.45, 7) is 0. The zero-order valence-electron chi connectivity index (χ0n) is 9.42. The van der Waals surface area contributed by atoms with Crippen LogP contribution in [-0.4, -0.2) is 9.13 Å². The van der Waals surface area contributed by atoms with Gasteiger partial charge in [0.1, 0.15) is 11.6 Å². The Bertz CT molecular complexity index is 768. The molecule has 1 aromatic carbocycles. The molecule has 0 atom stereocenters. The monoisotopic (exact) mass is 261 g/mol. The van der Waals surface area contributed by atoms with Crippen LogP contribution in [0.4, 0.5) is 0 Å². The van der Waals surface area contributed by atoms with E-state index in [-0.39, 0.29) is 5.56 Å². The van der Waals surface area contributed by atoms with E-state index in [2.05, 4.69) is 0 Å². The molecule has 0 aliphatic rings. The van der Waals surface area contributed by atoms with Crippen LogP contribution >= 0.6 is 11.6 Å². The van der Waals surface area contributed by atoms with Crippen LogP contribution in [-0.2, 0) is 7.05 Å². The van der Waals surface area contributed by atoms with E-state index < -0.39 is 11.2 Å². The van der Waals surface area contributed by atoms with Gasteiger partial charge in [0.25, 0.3) is 5.56 Å². The minimum absolute atomic E-state index is 0.0999. The number of hydrogen-bond acceptors (Lipinski definition) is 3. The van der Waals surface area contributed by atoms with E-state index in [0.717, 1.165) is 4.57 Å². The summed E-state index contributed by atoms with van der Waals surface area (Å²) >= 11 is 5.84. The third-order valence-corrected chi connectivity index (χ3v) is 2.73. The molecular weight excluding hydrogens is 254 g/mol. The maximum Gasteiger partial charge on any atom is 0.335 e. The third kappa shape index (κ3) is 1.94. The van der Waals surface area contributed by atoms with Gasteiger partial charge in [-0.2, -0.15) is 5.26 Å². The number of aromatic nitrogens is 2. The highest BCUT2D eigenvalue weighted by Gasteiger charge is 2.09. The predicted molar refractivity (Wildman–Crippen MR) is 67.0 cm³/mol. The minimum atomic E-state index is -0.610. The van der Waals surface area contributed by atoms with Gasteiger partial charge in [-0.25, -0.2) is 4.79 Å². The number of nitriles is 1. The fourth-order valence-electron chi connectivity index (χ4n) is 1.56. The molecule has 0 aliphatic heterocycles. The summed E-state index contributed by atoms with van der Waals surface area (Å²) < 4.78 is 2.10. The molecule has 2 rings (SSSR count). The molecular formula is C12H8ClN3O2. The predicted octanol–water partition coefficient (Wildman–Crippen LogP) is 1.06. The van der Waals surface area contributed by atoms with Crippen LogP contribution in [0.2, 0.25) is 5.02 Å².